The Bertz CT molecular complexity index is 511. The number of hydrogen-bond acceptors (Lipinski definition) is 18. The van der Waals surface area contributed by atoms with E-state index in [1.807, 2.05) is 95.0 Å². The maximum atomic E-state index is 8.06. The molecule has 0 bridgehead atoms. The van der Waals surface area contributed by atoms with Gasteiger partial charge in [0.1, 0.15) is 54.3 Å². The molecule has 0 atom stereocenters. The number of carbonyl (C=O) groups excluding carboxylic acids is 8. The summed E-state index contributed by atoms with van der Waals surface area (Å²) in [6.07, 6.45) is 3.58. The number of carbonyl (C=O) groups is 8. The van der Waals surface area contributed by atoms with Crippen molar-refractivity contribution in [1.29, 1.82) is 0 Å². The molecular weight excluding hydrogens is 801 g/mol. The fourth-order valence-corrected chi connectivity index (χ4v) is 1.15. The van der Waals surface area contributed by atoms with Crippen LogP contribution in [0.4, 0.5) is 0 Å². The third kappa shape index (κ3) is 851. The predicted molar refractivity (Wildman–Crippen MR) is 280 cm³/mol. The van der Waals surface area contributed by atoms with Gasteiger partial charge in [-0.15, -0.1) is 0 Å². The topological polar surface area (TPSA) is 401 Å². The van der Waals surface area contributed by atoms with E-state index in [1.54, 1.807) is 13.8 Å². The van der Waals surface area contributed by atoms with Crippen LogP contribution in [0.3, 0.4) is 0 Å². The van der Waals surface area contributed by atoms with Gasteiger partial charge in [-0.2, -0.15) is 0 Å². The standard InChI is InChI=1S/C8H10.C6H14O.2C5H12.C3H8O.2C2H6.5CH5N.8CH2O.3H3N/c1-2-8-6-4-3-5-7-8;1-5-7-6(2,3)4;2*1-4-5(2)3;1-3(2)4;15*1-2;;;/h3-7H,2H2,1H3;5H2,1-4H3;2*5H,4H2,1-3H3;3-4H,1-2H3;2*1-2H3;5*2H2,1H3;8*1H2;3*1H3. The van der Waals surface area contributed by atoms with E-state index in [0.29, 0.717) is 0 Å². The van der Waals surface area contributed by atoms with Gasteiger partial charge in [0.15, 0.2) is 0 Å². The smallest absolute Gasteiger partial charge is 0.106 e. The highest BCUT2D eigenvalue weighted by atomic mass is 16.5. The second kappa shape index (κ2) is 309. The lowest BCUT2D eigenvalue weighted by Crippen LogP contribution is -2.18. The minimum absolute atomic E-state index is 0. The molecule has 0 aromatic heterocycles. The van der Waals surface area contributed by atoms with Crippen molar-refractivity contribution in [3.05, 3.63) is 35.9 Å². The molecule has 62 heavy (non-hydrogen) atoms. The number of benzene rings is 1. The summed E-state index contributed by atoms with van der Waals surface area (Å²) < 4.78 is 5.23. The largest absolute Gasteiger partial charge is 0.394 e. The van der Waals surface area contributed by atoms with Crippen LogP contribution in [-0.2, 0) is 49.5 Å². The highest BCUT2D eigenvalue weighted by Gasteiger charge is 2.06. The summed E-state index contributed by atoms with van der Waals surface area (Å²) >= 11 is 0. The highest BCUT2D eigenvalue weighted by molar-refractivity contribution is 5.14. The molecule has 1 aromatic carbocycles. The van der Waals surface area contributed by atoms with Crippen molar-refractivity contribution < 1.29 is 48.2 Å². The van der Waals surface area contributed by atoms with E-state index in [-0.39, 0.29) is 30.2 Å². The van der Waals surface area contributed by atoms with Gasteiger partial charge in [-0.25, -0.2) is 0 Å². The number of nitrogens with two attached hydrogens (primary N) is 5. The zero-order valence-electron chi connectivity index (χ0n) is 45.2. The molecule has 0 unspecified atom stereocenters. The van der Waals surface area contributed by atoms with Crippen LogP contribution in [0, 0.1) is 11.8 Å². The van der Waals surface area contributed by atoms with Crippen molar-refractivity contribution in [1.82, 2.24) is 18.5 Å². The summed E-state index contributed by atoms with van der Waals surface area (Å²) in [5.41, 5.74) is 24.0. The second-order valence-electron chi connectivity index (χ2n) is 9.08. The van der Waals surface area contributed by atoms with Crippen LogP contribution in [0.1, 0.15) is 136 Å². The van der Waals surface area contributed by atoms with Gasteiger partial charge >= 0.3 is 0 Å². The number of hydrogen-bond donors (Lipinski definition) is 9. The van der Waals surface area contributed by atoms with Gasteiger partial charge in [0.05, 0.1) is 5.60 Å². The quantitative estimate of drug-likeness (QED) is 0.141. The molecule has 0 saturated carbocycles. The summed E-state index contributed by atoms with van der Waals surface area (Å²) in [6, 6.07) is 10.5. The molecule has 0 fully saturated rings. The Kier molecular flexibility index (Phi) is 723. The molecule has 0 amide bonds. The van der Waals surface area contributed by atoms with Gasteiger partial charge in [-0.3, -0.25) is 0 Å². The summed E-state index contributed by atoms with van der Waals surface area (Å²) in [5, 5.41) is 8.06. The Morgan fingerprint density at radius 3 is 0.661 bits per heavy atom. The van der Waals surface area contributed by atoms with Crippen molar-refractivity contribution >= 4 is 54.3 Å². The van der Waals surface area contributed by atoms with E-state index in [9.17, 15) is 0 Å². The predicted octanol–water partition coefficient (Wildman–Crippen LogP) is 7.50. The first-order chi connectivity index (χ1) is 28.3. The van der Waals surface area contributed by atoms with Crippen LogP contribution in [-0.4, -0.2) is 113 Å². The molecule has 0 aliphatic rings. The molecule has 0 aliphatic heterocycles. The van der Waals surface area contributed by atoms with Gasteiger partial charge in [0.25, 0.3) is 0 Å². The van der Waals surface area contributed by atoms with Gasteiger partial charge in [0, 0.05) is 12.7 Å². The number of ether oxygens (including phenoxy) is 1. The summed E-state index contributed by atoms with van der Waals surface area (Å²) in [4.78, 5) is 64.0. The minimum atomic E-state index is -0.167. The van der Waals surface area contributed by atoms with E-state index < -0.39 is 0 Å². The minimum Gasteiger partial charge on any atom is -0.394 e. The third-order valence-electron chi connectivity index (χ3n) is 3.46. The molecule has 0 saturated heterocycles. The number of aryl methyl sites for hydroxylation is 1. The molecule has 20 N–H and O–H groups in total. The maximum Gasteiger partial charge on any atom is 0.106 e. The summed E-state index contributed by atoms with van der Waals surface area (Å²) in [7, 11) is 7.50. The first-order valence-electron chi connectivity index (χ1n) is 18.8. The van der Waals surface area contributed by atoms with Crippen molar-refractivity contribution in [3.63, 3.8) is 0 Å². The van der Waals surface area contributed by atoms with E-state index in [1.165, 1.54) is 53.6 Å². The van der Waals surface area contributed by atoms with Gasteiger partial charge in [0.2, 0.25) is 0 Å². The van der Waals surface area contributed by atoms with Crippen LogP contribution in [0.5, 0.6) is 0 Å². The fourth-order valence-electron chi connectivity index (χ4n) is 1.15. The summed E-state index contributed by atoms with van der Waals surface area (Å²) in [6.45, 7) is 51.9. The van der Waals surface area contributed by atoms with E-state index in [4.69, 9.17) is 48.2 Å². The molecule has 0 radical (unpaired) electrons. The lowest BCUT2D eigenvalue weighted by molar-refractivity contribution is -0.0987. The van der Waals surface area contributed by atoms with Crippen molar-refractivity contribution in [3.8, 4) is 0 Å². The molecule has 18 nitrogen and oxygen atoms in total. The average molecular weight is 919 g/mol. The normalized spacial score (nSPS) is 5.85. The lowest BCUT2D eigenvalue weighted by atomic mass is 10.2. The van der Waals surface area contributed by atoms with Gasteiger partial charge in [-0.05, 0) is 101 Å². The van der Waals surface area contributed by atoms with Crippen LogP contribution >= 0.6 is 0 Å². The molecular formula is C44H118N8O10. The SMILES string of the molecule is C=O.C=O.C=O.C=O.C=O.C=O.C=O.C=O.CC.CC.CC(C)O.CCC(C)C.CCC(C)C.CCOC(C)(C)C.CCc1ccccc1.CN.CN.CN.CN.CN.N.N.N. The second-order valence-corrected chi connectivity index (χ2v) is 9.08. The van der Waals surface area contributed by atoms with Crippen LogP contribution in [0.25, 0.3) is 0 Å². The number of aliphatic hydroxyl groups excluding tert-OH is 1. The summed E-state index contributed by atoms with van der Waals surface area (Å²) in [5.74, 6) is 1.77. The third-order valence-corrected chi connectivity index (χ3v) is 3.46. The van der Waals surface area contributed by atoms with Crippen molar-refractivity contribution in [2.45, 2.75) is 149 Å². The monoisotopic (exact) mass is 919 g/mol. The van der Waals surface area contributed by atoms with E-state index in [0.717, 1.165) is 24.9 Å². The first-order valence-corrected chi connectivity index (χ1v) is 18.8. The highest BCUT2D eigenvalue weighted by Crippen LogP contribution is 2.04. The molecule has 0 heterocycles. The molecule has 18 heteroatoms. The van der Waals surface area contributed by atoms with E-state index in [2.05, 4.69) is 122 Å². The van der Waals surface area contributed by atoms with Crippen LogP contribution < -0.4 is 47.1 Å². The first kappa shape index (κ1) is 145. The lowest BCUT2D eigenvalue weighted by Gasteiger charge is -2.17. The van der Waals surface area contributed by atoms with Gasteiger partial charge < -0.3 is 95.3 Å². The Morgan fingerprint density at radius 1 is 0.468 bits per heavy atom. The van der Waals surface area contributed by atoms with Crippen LogP contribution in [0.15, 0.2) is 30.3 Å². The maximum absolute atomic E-state index is 8.06. The molecule has 394 valence electrons. The average Bonchev–Trinajstić information content (AvgIpc) is 3.34. The zero-order chi connectivity index (χ0) is 53.9. The fraction of sp³-hybridized carbons (Fsp3) is 0.682. The zero-order valence-corrected chi connectivity index (χ0v) is 45.2. The van der Waals surface area contributed by atoms with E-state index >= 15 is 0 Å². The molecule has 1 rings (SSSR count). The Hall–Kier alpha value is -3.82. The Labute approximate surface area is 387 Å². The molecule has 1 aromatic rings. The Morgan fingerprint density at radius 2 is 0.613 bits per heavy atom. The molecule has 0 aliphatic carbocycles. The Balaban J connectivity index is -0.0000000140. The van der Waals surface area contributed by atoms with Crippen LogP contribution in [0.2, 0.25) is 0 Å². The van der Waals surface area contributed by atoms with Gasteiger partial charge in [-0.1, -0.05) is 119 Å². The van der Waals surface area contributed by atoms with Crippen molar-refractivity contribution in [2.24, 2.45) is 40.5 Å². The van der Waals surface area contributed by atoms with Crippen molar-refractivity contribution in [2.75, 3.05) is 41.8 Å². The number of rotatable bonds is 4. The molecule has 0 spiro atoms. The number of aliphatic hydroxyl groups is 1.